The average Bonchev–Trinajstić information content (AvgIpc) is 2.89. The molecule has 0 bridgehead atoms. The van der Waals surface area contributed by atoms with Gasteiger partial charge in [0, 0.05) is 17.6 Å². The summed E-state index contributed by atoms with van der Waals surface area (Å²) in [5.41, 5.74) is 2.90. The van der Waals surface area contributed by atoms with E-state index >= 15 is 0 Å². The van der Waals surface area contributed by atoms with E-state index in [0.29, 0.717) is 23.1 Å². The predicted octanol–water partition coefficient (Wildman–Crippen LogP) is 3.23. The monoisotopic (exact) mass is 361 g/mol. The Morgan fingerprint density at radius 3 is 2.52 bits per heavy atom. The van der Waals surface area contributed by atoms with Crippen LogP contribution in [-0.4, -0.2) is 22.5 Å². The van der Waals surface area contributed by atoms with Crippen molar-refractivity contribution in [1.29, 1.82) is 0 Å². The van der Waals surface area contributed by atoms with Crippen LogP contribution in [0.1, 0.15) is 30.5 Å². The minimum atomic E-state index is -0.413. The number of hydrogen-bond acceptors (Lipinski definition) is 4. The van der Waals surface area contributed by atoms with Gasteiger partial charge in [0.15, 0.2) is 0 Å². The summed E-state index contributed by atoms with van der Waals surface area (Å²) in [4.78, 5) is 24.6. The van der Waals surface area contributed by atoms with E-state index in [-0.39, 0.29) is 17.3 Å². The number of fused-ring (bicyclic) bond motifs is 1. The van der Waals surface area contributed by atoms with Crippen LogP contribution in [0.4, 0.5) is 0 Å². The number of phenols is 1. The summed E-state index contributed by atoms with van der Waals surface area (Å²) < 4.78 is 5.93. The molecular weight excluding hydrogens is 342 g/mol. The smallest absolute Gasteiger partial charge is 0.259 e. The first-order valence-electron chi connectivity index (χ1n) is 8.72. The number of aromatic hydroxyl groups is 1. The third-order valence-corrected chi connectivity index (χ3v) is 4.68. The molecule has 2 aromatic rings. The Morgan fingerprint density at radius 2 is 1.78 bits per heavy atom. The average molecular weight is 361 g/mol. The zero-order valence-electron chi connectivity index (χ0n) is 15.1. The van der Waals surface area contributed by atoms with Gasteiger partial charge in [0.1, 0.15) is 17.1 Å². The van der Waals surface area contributed by atoms with Crippen molar-refractivity contribution in [3.8, 4) is 11.5 Å². The molecule has 0 saturated heterocycles. The number of nitrogens with one attached hydrogen (secondary N) is 1. The van der Waals surface area contributed by atoms with Gasteiger partial charge in [-0.15, -0.1) is 0 Å². The van der Waals surface area contributed by atoms with Crippen LogP contribution in [0.5, 0.6) is 11.5 Å². The van der Waals surface area contributed by atoms with Gasteiger partial charge < -0.3 is 9.84 Å². The van der Waals surface area contributed by atoms with Crippen LogP contribution < -0.4 is 10.1 Å². The molecule has 0 saturated carbocycles. The molecule has 2 aliphatic heterocycles. The lowest BCUT2D eigenvalue weighted by Crippen LogP contribution is -2.27. The van der Waals surface area contributed by atoms with E-state index in [1.165, 1.54) is 12.1 Å². The van der Waals surface area contributed by atoms with E-state index in [9.17, 15) is 14.7 Å². The molecule has 2 amide bonds. The molecule has 5 nitrogen and oxygen atoms in total. The number of ether oxygens (including phenoxy) is 1. The van der Waals surface area contributed by atoms with Gasteiger partial charge in [-0.25, -0.2) is 0 Å². The van der Waals surface area contributed by atoms with Crippen molar-refractivity contribution < 1.29 is 19.4 Å². The van der Waals surface area contributed by atoms with Crippen LogP contribution in [-0.2, 0) is 16.0 Å². The molecule has 5 heteroatoms. The Labute approximate surface area is 157 Å². The standard InChI is InChI=1S/C22H19NO4/c1-22(2)10-9-15-11-13(3-8-18(15)27-22)12-17-19(21(26)23-20(17)25)14-4-6-16(24)7-5-14/h3-11,24H,12H2,1-2H3,(H,23,25,26). The summed E-state index contributed by atoms with van der Waals surface area (Å²) in [5, 5.41) is 11.8. The summed E-state index contributed by atoms with van der Waals surface area (Å²) in [6.45, 7) is 3.98. The first kappa shape index (κ1) is 17.1. The Kier molecular flexibility index (Phi) is 3.88. The second kappa shape index (κ2) is 6.13. The first-order valence-corrected chi connectivity index (χ1v) is 8.72. The lowest BCUT2D eigenvalue weighted by molar-refractivity contribution is -0.123. The quantitative estimate of drug-likeness (QED) is 0.823. The van der Waals surface area contributed by atoms with Crippen molar-refractivity contribution >= 4 is 23.5 Å². The van der Waals surface area contributed by atoms with Gasteiger partial charge in [-0.3, -0.25) is 14.9 Å². The molecule has 2 heterocycles. The summed E-state index contributed by atoms with van der Waals surface area (Å²) in [5.74, 6) is 0.110. The lowest BCUT2D eigenvalue weighted by atomic mass is 9.94. The third-order valence-electron chi connectivity index (χ3n) is 4.68. The number of amides is 2. The van der Waals surface area contributed by atoms with Crippen molar-refractivity contribution in [1.82, 2.24) is 5.32 Å². The van der Waals surface area contributed by atoms with Gasteiger partial charge in [-0.05, 0) is 55.3 Å². The van der Waals surface area contributed by atoms with E-state index in [2.05, 4.69) is 5.32 Å². The summed E-state index contributed by atoms with van der Waals surface area (Å²) in [6.07, 6.45) is 4.34. The fraction of sp³-hybridized carbons (Fsp3) is 0.182. The fourth-order valence-corrected chi connectivity index (χ4v) is 3.34. The van der Waals surface area contributed by atoms with Crippen LogP contribution in [0.2, 0.25) is 0 Å². The maximum absolute atomic E-state index is 12.3. The van der Waals surface area contributed by atoms with Crippen LogP contribution in [0.25, 0.3) is 11.6 Å². The minimum absolute atomic E-state index is 0.107. The maximum atomic E-state index is 12.3. The van der Waals surface area contributed by atoms with E-state index < -0.39 is 5.91 Å². The largest absolute Gasteiger partial charge is 0.508 e. The van der Waals surface area contributed by atoms with Crippen LogP contribution in [0.15, 0.2) is 54.1 Å². The second-order valence-electron chi connectivity index (χ2n) is 7.27. The van der Waals surface area contributed by atoms with Crippen molar-refractivity contribution in [2.45, 2.75) is 25.9 Å². The molecule has 0 aliphatic carbocycles. The predicted molar refractivity (Wildman–Crippen MR) is 102 cm³/mol. The van der Waals surface area contributed by atoms with Gasteiger partial charge in [-0.1, -0.05) is 24.3 Å². The Balaban J connectivity index is 1.71. The van der Waals surface area contributed by atoms with Gasteiger partial charge >= 0.3 is 0 Å². The highest BCUT2D eigenvalue weighted by atomic mass is 16.5. The highest BCUT2D eigenvalue weighted by molar-refractivity contribution is 6.36. The molecule has 0 atom stereocenters. The lowest BCUT2D eigenvalue weighted by Gasteiger charge is -2.28. The number of phenolic OH excluding ortho intramolecular Hbond substituents is 1. The zero-order valence-corrected chi connectivity index (χ0v) is 15.1. The van der Waals surface area contributed by atoms with Crippen molar-refractivity contribution in [3.05, 3.63) is 70.8 Å². The van der Waals surface area contributed by atoms with Crippen molar-refractivity contribution in [3.63, 3.8) is 0 Å². The molecule has 2 aromatic carbocycles. The third kappa shape index (κ3) is 3.24. The molecule has 4 rings (SSSR count). The normalized spacial score (nSPS) is 17.6. The van der Waals surface area contributed by atoms with Crippen LogP contribution >= 0.6 is 0 Å². The first-order chi connectivity index (χ1) is 12.8. The highest BCUT2D eigenvalue weighted by Crippen LogP contribution is 2.33. The van der Waals surface area contributed by atoms with Gasteiger partial charge in [0.25, 0.3) is 11.8 Å². The Morgan fingerprint density at radius 1 is 1.04 bits per heavy atom. The van der Waals surface area contributed by atoms with E-state index in [0.717, 1.165) is 16.9 Å². The summed E-state index contributed by atoms with van der Waals surface area (Å²) >= 11 is 0. The topological polar surface area (TPSA) is 75.6 Å². The van der Waals surface area contributed by atoms with Crippen LogP contribution in [0.3, 0.4) is 0 Å². The molecule has 2 aliphatic rings. The number of imide groups is 1. The maximum Gasteiger partial charge on any atom is 0.259 e. The number of benzene rings is 2. The van der Waals surface area contributed by atoms with Crippen LogP contribution in [0, 0.1) is 0 Å². The van der Waals surface area contributed by atoms with E-state index in [4.69, 9.17) is 4.74 Å². The van der Waals surface area contributed by atoms with Crippen molar-refractivity contribution in [2.75, 3.05) is 0 Å². The molecule has 0 unspecified atom stereocenters. The van der Waals surface area contributed by atoms with Gasteiger partial charge in [0.05, 0.1) is 5.57 Å². The minimum Gasteiger partial charge on any atom is -0.508 e. The molecule has 0 spiro atoms. The summed E-state index contributed by atoms with van der Waals surface area (Å²) in [6, 6.07) is 12.0. The van der Waals surface area contributed by atoms with E-state index in [1.807, 2.05) is 44.2 Å². The number of carbonyl (C=O) groups excluding carboxylic acids is 2. The second-order valence-corrected chi connectivity index (χ2v) is 7.27. The Bertz CT molecular complexity index is 1010. The molecule has 0 fully saturated rings. The highest BCUT2D eigenvalue weighted by Gasteiger charge is 2.31. The molecular formula is C22H19NO4. The van der Waals surface area contributed by atoms with Gasteiger partial charge in [0.2, 0.25) is 0 Å². The number of rotatable bonds is 3. The number of hydrogen-bond donors (Lipinski definition) is 2. The SMILES string of the molecule is CC1(C)C=Cc2cc(CC3=C(c4ccc(O)cc4)C(=O)NC3=O)ccc2O1. The van der Waals surface area contributed by atoms with Crippen molar-refractivity contribution in [2.24, 2.45) is 0 Å². The summed E-state index contributed by atoms with van der Waals surface area (Å²) in [7, 11) is 0. The van der Waals surface area contributed by atoms with E-state index in [1.54, 1.807) is 12.1 Å². The zero-order chi connectivity index (χ0) is 19.2. The molecule has 2 N–H and O–H groups in total. The molecule has 136 valence electrons. The molecule has 27 heavy (non-hydrogen) atoms. The molecule has 0 aromatic heterocycles. The molecule has 0 radical (unpaired) electrons. The van der Waals surface area contributed by atoms with Gasteiger partial charge in [-0.2, -0.15) is 0 Å². The Hall–Kier alpha value is -3.34. The fourth-order valence-electron chi connectivity index (χ4n) is 3.34. The number of carbonyl (C=O) groups is 2.